The van der Waals surface area contributed by atoms with E-state index >= 15 is 0 Å². The smallest absolute Gasteiger partial charge is 0.352 e. The Morgan fingerprint density at radius 2 is 2.17 bits per heavy atom. The molecule has 18 heavy (non-hydrogen) atoms. The molecule has 0 aliphatic carbocycles. The van der Waals surface area contributed by atoms with Crippen LogP contribution in [-0.4, -0.2) is 25.4 Å². The lowest BCUT2D eigenvalue weighted by atomic mass is 10.3. The van der Waals surface area contributed by atoms with Crippen molar-refractivity contribution >= 4 is 5.97 Å². The molecule has 0 amide bonds. The second kappa shape index (κ2) is 4.48. The number of carbonyl (C=O) groups is 1. The zero-order valence-corrected chi connectivity index (χ0v) is 10.1. The molecule has 1 N–H and O–H groups in total. The molecule has 0 aliphatic heterocycles. The van der Waals surface area contributed by atoms with E-state index in [1.54, 1.807) is 11.7 Å². The molecule has 6 heteroatoms. The van der Waals surface area contributed by atoms with E-state index < -0.39 is 5.97 Å². The number of hydrogen-bond donors (Lipinski definition) is 1. The molecule has 94 valence electrons. The summed E-state index contributed by atoms with van der Waals surface area (Å²) >= 11 is 0. The Bertz CT molecular complexity index is 655. The van der Waals surface area contributed by atoms with Gasteiger partial charge in [-0.25, -0.2) is 4.79 Å². The van der Waals surface area contributed by atoms with Gasteiger partial charge in [-0.05, 0) is 19.1 Å². The first-order chi connectivity index (χ1) is 8.49. The third kappa shape index (κ3) is 2.17. The van der Waals surface area contributed by atoms with E-state index in [2.05, 4.69) is 5.10 Å². The van der Waals surface area contributed by atoms with Gasteiger partial charge in [-0.1, -0.05) is 6.07 Å². The van der Waals surface area contributed by atoms with E-state index in [1.807, 2.05) is 13.0 Å². The fourth-order valence-electron chi connectivity index (χ4n) is 1.84. The van der Waals surface area contributed by atoms with Crippen LogP contribution < -0.4 is 5.56 Å². The van der Waals surface area contributed by atoms with Gasteiger partial charge in [0.15, 0.2) is 0 Å². The Morgan fingerprint density at radius 3 is 2.72 bits per heavy atom. The number of aromatic nitrogens is 3. The van der Waals surface area contributed by atoms with Crippen molar-refractivity contribution < 1.29 is 9.90 Å². The predicted molar refractivity (Wildman–Crippen MR) is 64.7 cm³/mol. The molecular weight excluding hydrogens is 234 g/mol. The van der Waals surface area contributed by atoms with Gasteiger partial charge in [0.05, 0.1) is 17.9 Å². The maximum absolute atomic E-state index is 11.7. The minimum Gasteiger partial charge on any atom is -0.477 e. The summed E-state index contributed by atoms with van der Waals surface area (Å²) in [6, 6.07) is 6.02. The van der Waals surface area contributed by atoms with Gasteiger partial charge in [-0.2, -0.15) is 5.10 Å². The standard InChI is InChI=1S/C12H13N3O3/c1-8-6-9(14(2)13-8)7-15-10(12(17)18)4-3-5-11(15)16/h3-6H,7H2,1-2H3,(H,17,18). The van der Waals surface area contributed by atoms with E-state index in [1.165, 1.54) is 22.8 Å². The van der Waals surface area contributed by atoms with E-state index in [0.29, 0.717) is 0 Å². The van der Waals surface area contributed by atoms with Crippen LogP contribution in [0.1, 0.15) is 21.9 Å². The Hall–Kier alpha value is -2.37. The lowest BCUT2D eigenvalue weighted by molar-refractivity contribution is 0.0684. The summed E-state index contributed by atoms with van der Waals surface area (Å²) in [6.45, 7) is 2.04. The lowest BCUT2D eigenvalue weighted by Gasteiger charge is -2.09. The topological polar surface area (TPSA) is 77.1 Å². The van der Waals surface area contributed by atoms with Crippen molar-refractivity contribution in [3.05, 3.63) is 51.7 Å². The fraction of sp³-hybridized carbons (Fsp3) is 0.250. The molecule has 0 fully saturated rings. The number of pyridine rings is 1. The first-order valence-corrected chi connectivity index (χ1v) is 5.41. The number of hydrogen-bond acceptors (Lipinski definition) is 3. The molecule has 2 rings (SSSR count). The summed E-state index contributed by atoms with van der Waals surface area (Å²) < 4.78 is 2.86. The normalized spacial score (nSPS) is 10.6. The van der Waals surface area contributed by atoms with Gasteiger partial charge in [0, 0.05) is 13.1 Å². The fourth-order valence-corrected chi connectivity index (χ4v) is 1.84. The van der Waals surface area contributed by atoms with Crippen LogP contribution in [0.15, 0.2) is 29.1 Å². The molecule has 0 atom stereocenters. The van der Waals surface area contributed by atoms with Gasteiger partial charge in [0.1, 0.15) is 5.69 Å². The molecule has 0 saturated heterocycles. The molecule has 2 aromatic heterocycles. The van der Waals surface area contributed by atoms with Gasteiger partial charge in [-0.15, -0.1) is 0 Å². The first kappa shape index (κ1) is 12.1. The van der Waals surface area contributed by atoms with E-state index in [9.17, 15) is 9.59 Å². The van der Waals surface area contributed by atoms with Crippen LogP contribution in [0, 0.1) is 6.92 Å². The van der Waals surface area contributed by atoms with E-state index in [4.69, 9.17) is 5.11 Å². The lowest BCUT2D eigenvalue weighted by Crippen LogP contribution is -2.26. The van der Waals surface area contributed by atoms with Crippen LogP contribution in [0.3, 0.4) is 0 Å². The molecule has 0 aliphatic rings. The Balaban J connectivity index is 2.49. The van der Waals surface area contributed by atoms with E-state index in [-0.39, 0.29) is 17.8 Å². The van der Waals surface area contributed by atoms with Crippen molar-refractivity contribution in [2.45, 2.75) is 13.5 Å². The van der Waals surface area contributed by atoms with Crippen molar-refractivity contribution in [3.63, 3.8) is 0 Å². The third-order valence-electron chi connectivity index (χ3n) is 2.69. The minimum atomic E-state index is -1.12. The van der Waals surface area contributed by atoms with Crippen molar-refractivity contribution in [3.8, 4) is 0 Å². The molecule has 0 aromatic carbocycles. The van der Waals surface area contributed by atoms with Crippen molar-refractivity contribution in [1.29, 1.82) is 0 Å². The van der Waals surface area contributed by atoms with Crippen LogP contribution >= 0.6 is 0 Å². The van der Waals surface area contributed by atoms with Gasteiger partial charge in [-0.3, -0.25) is 14.0 Å². The van der Waals surface area contributed by atoms with Crippen LogP contribution in [0.5, 0.6) is 0 Å². The van der Waals surface area contributed by atoms with Crippen LogP contribution in [0.25, 0.3) is 0 Å². The highest BCUT2D eigenvalue weighted by molar-refractivity contribution is 5.85. The average molecular weight is 247 g/mol. The molecule has 0 saturated carbocycles. The van der Waals surface area contributed by atoms with Crippen molar-refractivity contribution in [1.82, 2.24) is 14.3 Å². The minimum absolute atomic E-state index is 0.0265. The van der Waals surface area contributed by atoms with Gasteiger partial charge < -0.3 is 5.11 Å². The van der Waals surface area contributed by atoms with Crippen molar-refractivity contribution in [2.75, 3.05) is 0 Å². The van der Waals surface area contributed by atoms with Gasteiger partial charge >= 0.3 is 5.97 Å². The zero-order chi connectivity index (χ0) is 13.3. The highest BCUT2D eigenvalue weighted by Gasteiger charge is 2.12. The average Bonchev–Trinajstić information content (AvgIpc) is 2.60. The molecule has 6 nitrogen and oxygen atoms in total. The van der Waals surface area contributed by atoms with E-state index in [0.717, 1.165) is 11.4 Å². The number of rotatable bonds is 3. The summed E-state index contributed by atoms with van der Waals surface area (Å²) in [7, 11) is 1.76. The zero-order valence-electron chi connectivity index (χ0n) is 10.1. The highest BCUT2D eigenvalue weighted by atomic mass is 16.4. The number of aryl methyl sites for hydroxylation is 2. The summed E-state index contributed by atoms with van der Waals surface area (Å²) in [5.74, 6) is -1.12. The third-order valence-corrected chi connectivity index (χ3v) is 2.69. The molecule has 2 aromatic rings. The van der Waals surface area contributed by atoms with Gasteiger partial charge in [0.2, 0.25) is 0 Å². The molecular formula is C12H13N3O3. The summed E-state index contributed by atoms with van der Waals surface area (Å²) in [5.41, 5.74) is 1.24. The summed E-state index contributed by atoms with van der Waals surface area (Å²) in [6.07, 6.45) is 0. The van der Waals surface area contributed by atoms with Crippen LogP contribution in [0.2, 0.25) is 0 Å². The summed E-state index contributed by atoms with van der Waals surface area (Å²) in [4.78, 5) is 22.8. The van der Waals surface area contributed by atoms with Gasteiger partial charge in [0.25, 0.3) is 5.56 Å². The molecule has 0 spiro atoms. The second-order valence-electron chi connectivity index (χ2n) is 4.04. The van der Waals surface area contributed by atoms with Crippen molar-refractivity contribution in [2.24, 2.45) is 7.05 Å². The van der Waals surface area contributed by atoms with Crippen LogP contribution in [0.4, 0.5) is 0 Å². The SMILES string of the molecule is Cc1cc(Cn2c(C(=O)O)cccc2=O)n(C)n1. The maximum atomic E-state index is 11.7. The largest absolute Gasteiger partial charge is 0.477 e. The first-order valence-electron chi connectivity index (χ1n) is 5.41. The Kier molecular flexibility index (Phi) is 3.01. The van der Waals surface area contributed by atoms with Crippen LogP contribution in [-0.2, 0) is 13.6 Å². The predicted octanol–water partition coefficient (Wildman–Crippen LogP) is 0.637. The molecule has 0 unspecified atom stereocenters. The maximum Gasteiger partial charge on any atom is 0.352 e. The molecule has 2 heterocycles. The molecule has 0 bridgehead atoms. The monoisotopic (exact) mass is 247 g/mol. The number of aromatic carboxylic acids is 1. The quantitative estimate of drug-likeness (QED) is 0.863. The Labute approximate surface area is 103 Å². The second-order valence-corrected chi connectivity index (χ2v) is 4.04. The molecule has 0 radical (unpaired) electrons. The highest BCUT2D eigenvalue weighted by Crippen LogP contribution is 2.06. The number of carboxylic acid groups (broad SMARTS) is 1. The number of carboxylic acids is 1. The number of nitrogens with zero attached hydrogens (tertiary/aromatic N) is 3. The Morgan fingerprint density at radius 1 is 1.44 bits per heavy atom. The summed E-state index contributed by atoms with van der Waals surface area (Å²) in [5, 5.41) is 13.2.